The molecule has 1 unspecified atom stereocenters. The molecule has 2 heteroatoms. The van der Waals surface area contributed by atoms with E-state index in [0.717, 1.165) is 16.8 Å². The predicted octanol–water partition coefficient (Wildman–Crippen LogP) is 2.78. The van der Waals surface area contributed by atoms with Gasteiger partial charge < -0.3 is 5.11 Å². The molecule has 0 spiro atoms. The fraction of sp³-hybridized carbons (Fsp3) is 0.214. The second-order valence-corrected chi connectivity index (χ2v) is 3.99. The third-order valence-electron chi connectivity index (χ3n) is 2.74. The molecule has 82 valence electrons. The summed E-state index contributed by atoms with van der Waals surface area (Å²) in [4.78, 5) is 4.18. The van der Waals surface area contributed by atoms with Crippen LogP contribution in [0, 0.1) is 13.8 Å². The molecule has 0 aliphatic rings. The van der Waals surface area contributed by atoms with E-state index < -0.39 is 6.10 Å². The number of rotatable bonds is 2. The molecule has 0 aliphatic heterocycles. The van der Waals surface area contributed by atoms with Crippen LogP contribution in [0.15, 0.2) is 42.6 Å². The lowest BCUT2D eigenvalue weighted by Gasteiger charge is -2.13. The summed E-state index contributed by atoms with van der Waals surface area (Å²) in [6.07, 6.45) is 1.15. The van der Waals surface area contributed by atoms with Gasteiger partial charge in [-0.3, -0.25) is 4.98 Å². The van der Waals surface area contributed by atoms with E-state index in [1.165, 1.54) is 5.56 Å². The first-order valence-electron chi connectivity index (χ1n) is 5.34. The number of pyridine rings is 1. The normalized spacial score (nSPS) is 12.4. The van der Waals surface area contributed by atoms with Gasteiger partial charge in [0.2, 0.25) is 0 Å². The number of aliphatic hydroxyl groups is 1. The molecule has 0 saturated heterocycles. The fourth-order valence-corrected chi connectivity index (χ4v) is 1.71. The Labute approximate surface area is 95.6 Å². The van der Waals surface area contributed by atoms with E-state index >= 15 is 0 Å². The Bertz CT molecular complexity index is 476. The summed E-state index contributed by atoms with van der Waals surface area (Å²) in [7, 11) is 0. The first kappa shape index (κ1) is 10.8. The summed E-state index contributed by atoms with van der Waals surface area (Å²) in [5.41, 5.74) is 3.84. The number of benzene rings is 1. The fourth-order valence-electron chi connectivity index (χ4n) is 1.71. The van der Waals surface area contributed by atoms with E-state index in [2.05, 4.69) is 4.98 Å². The molecule has 0 saturated carbocycles. The monoisotopic (exact) mass is 213 g/mol. The number of hydrogen-bond acceptors (Lipinski definition) is 2. The number of nitrogens with zero attached hydrogens (tertiary/aromatic N) is 1. The summed E-state index contributed by atoms with van der Waals surface area (Å²) < 4.78 is 0. The van der Waals surface area contributed by atoms with Crippen molar-refractivity contribution in [3.8, 4) is 0 Å². The number of aromatic nitrogens is 1. The molecule has 1 heterocycles. The summed E-state index contributed by atoms with van der Waals surface area (Å²) in [6.45, 7) is 3.94. The number of aryl methyl sites for hydroxylation is 2. The lowest BCUT2D eigenvalue weighted by molar-refractivity contribution is 0.219. The Morgan fingerprint density at radius 1 is 1.06 bits per heavy atom. The third-order valence-corrected chi connectivity index (χ3v) is 2.74. The highest BCUT2D eigenvalue weighted by molar-refractivity contribution is 5.33. The van der Waals surface area contributed by atoms with Gasteiger partial charge in [0.1, 0.15) is 6.10 Å². The van der Waals surface area contributed by atoms with Crippen LogP contribution in [-0.4, -0.2) is 10.1 Å². The lowest BCUT2D eigenvalue weighted by Crippen LogP contribution is -2.02. The zero-order valence-corrected chi connectivity index (χ0v) is 9.51. The Morgan fingerprint density at radius 2 is 1.75 bits per heavy atom. The van der Waals surface area contributed by atoms with E-state index in [9.17, 15) is 5.11 Å². The van der Waals surface area contributed by atoms with Crippen LogP contribution in [0.2, 0.25) is 0 Å². The molecular weight excluding hydrogens is 198 g/mol. The second kappa shape index (κ2) is 4.45. The number of aliphatic hydroxyl groups excluding tert-OH is 1. The van der Waals surface area contributed by atoms with Crippen molar-refractivity contribution in [3.05, 3.63) is 65.0 Å². The average molecular weight is 213 g/mol. The SMILES string of the molecule is Cc1ccc(C(O)c2cccnc2C)cc1. The van der Waals surface area contributed by atoms with Crippen LogP contribution in [0.1, 0.15) is 28.5 Å². The Hall–Kier alpha value is -1.67. The average Bonchev–Trinajstić information content (AvgIpc) is 2.30. The minimum absolute atomic E-state index is 0.589. The molecule has 1 atom stereocenters. The molecule has 0 bridgehead atoms. The van der Waals surface area contributed by atoms with Crippen molar-refractivity contribution in [3.63, 3.8) is 0 Å². The zero-order valence-electron chi connectivity index (χ0n) is 9.51. The van der Waals surface area contributed by atoms with Crippen LogP contribution in [0.4, 0.5) is 0 Å². The smallest absolute Gasteiger partial charge is 0.106 e. The molecule has 2 rings (SSSR count). The lowest BCUT2D eigenvalue weighted by atomic mass is 10.00. The van der Waals surface area contributed by atoms with Gasteiger partial charge in [-0.05, 0) is 25.5 Å². The topological polar surface area (TPSA) is 33.1 Å². The summed E-state index contributed by atoms with van der Waals surface area (Å²) in [5.74, 6) is 0. The highest BCUT2D eigenvalue weighted by Gasteiger charge is 2.12. The van der Waals surface area contributed by atoms with Crippen LogP contribution in [-0.2, 0) is 0 Å². The molecule has 0 fully saturated rings. The zero-order chi connectivity index (χ0) is 11.5. The van der Waals surface area contributed by atoms with Crippen molar-refractivity contribution in [2.24, 2.45) is 0 Å². The minimum Gasteiger partial charge on any atom is -0.384 e. The minimum atomic E-state index is -0.589. The van der Waals surface area contributed by atoms with Crippen molar-refractivity contribution < 1.29 is 5.11 Å². The Morgan fingerprint density at radius 3 is 2.38 bits per heavy atom. The first-order chi connectivity index (χ1) is 7.68. The molecule has 1 N–H and O–H groups in total. The van der Waals surface area contributed by atoms with Gasteiger partial charge in [0.15, 0.2) is 0 Å². The Balaban J connectivity index is 2.35. The van der Waals surface area contributed by atoms with Gasteiger partial charge in [0.05, 0.1) is 0 Å². The maximum absolute atomic E-state index is 10.2. The highest BCUT2D eigenvalue weighted by atomic mass is 16.3. The maximum atomic E-state index is 10.2. The van der Waals surface area contributed by atoms with Crippen LogP contribution >= 0.6 is 0 Å². The summed E-state index contributed by atoms with van der Waals surface area (Å²) >= 11 is 0. The van der Waals surface area contributed by atoms with Gasteiger partial charge in [0.25, 0.3) is 0 Å². The molecule has 2 nitrogen and oxygen atoms in total. The van der Waals surface area contributed by atoms with Crippen molar-refractivity contribution in [2.45, 2.75) is 20.0 Å². The molecule has 0 aliphatic carbocycles. The predicted molar refractivity (Wildman–Crippen MR) is 64.2 cm³/mol. The number of hydrogen-bond donors (Lipinski definition) is 1. The van der Waals surface area contributed by atoms with Crippen molar-refractivity contribution in [2.75, 3.05) is 0 Å². The van der Waals surface area contributed by atoms with Crippen molar-refractivity contribution in [1.29, 1.82) is 0 Å². The molecule has 1 aromatic carbocycles. The van der Waals surface area contributed by atoms with E-state index in [0.29, 0.717) is 0 Å². The first-order valence-corrected chi connectivity index (χ1v) is 5.34. The maximum Gasteiger partial charge on any atom is 0.106 e. The van der Waals surface area contributed by atoms with Gasteiger partial charge in [-0.15, -0.1) is 0 Å². The largest absolute Gasteiger partial charge is 0.384 e. The van der Waals surface area contributed by atoms with Crippen molar-refractivity contribution in [1.82, 2.24) is 4.98 Å². The van der Waals surface area contributed by atoms with Crippen LogP contribution in [0.5, 0.6) is 0 Å². The second-order valence-electron chi connectivity index (χ2n) is 3.99. The van der Waals surface area contributed by atoms with Crippen LogP contribution in [0.3, 0.4) is 0 Å². The van der Waals surface area contributed by atoms with Crippen LogP contribution < -0.4 is 0 Å². The van der Waals surface area contributed by atoms with E-state index in [4.69, 9.17) is 0 Å². The standard InChI is InChI=1S/C14H15NO/c1-10-5-7-12(8-6-10)14(16)13-4-3-9-15-11(13)2/h3-9,14,16H,1-2H3. The van der Waals surface area contributed by atoms with Gasteiger partial charge >= 0.3 is 0 Å². The molecule has 16 heavy (non-hydrogen) atoms. The van der Waals surface area contributed by atoms with Gasteiger partial charge in [0, 0.05) is 17.5 Å². The van der Waals surface area contributed by atoms with Crippen molar-refractivity contribution >= 4 is 0 Å². The van der Waals surface area contributed by atoms with E-state index in [-0.39, 0.29) is 0 Å². The molecular formula is C14H15NO. The molecule has 1 aromatic heterocycles. The van der Waals surface area contributed by atoms with Gasteiger partial charge in [-0.1, -0.05) is 35.9 Å². The summed E-state index contributed by atoms with van der Waals surface area (Å²) in [6, 6.07) is 11.7. The highest BCUT2D eigenvalue weighted by Crippen LogP contribution is 2.23. The van der Waals surface area contributed by atoms with E-state index in [1.807, 2.05) is 50.2 Å². The quantitative estimate of drug-likeness (QED) is 0.832. The van der Waals surface area contributed by atoms with Gasteiger partial charge in [-0.25, -0.2) is 0 Å². The van der Waals surface area contributed by atoms with Gasteiger partial charge in [-0.2, -0.15) is 0 Å². The third kappa shape index (κ3) is 2.12. The molecule has 2 aromatic rings. The van der Waals surface area contributed by atoms with E-state index in [1.54, 1.807) is 6.20 Å². The molecule has 0 radical (unpaired) electrons. The molecule has 0 amide bonds. The Kier molecular flexibility index (Phi) is 3.02. The summed E-state index contributed by atoms with van der Waals surface area (Å²) in [5, 5.41) is 10.2. The van der Waals surface area contributed by atoms with Crippen LogP contribution in [0.25, 0.3) is 0 Å².